The van der Waals surface area contributed by atoms with Gasteiger partial charge in [0.2, 0.25) is 23.6 Å². The van der Waals surface area contributed by atoms with Crippen molar-refractivity contribution >= 4 is 29.5 Å². The van der Waals surface area contributed by atoms with Gasteiger partial charge in [-0.1, -0.05) is 26.0 Å². The molecule has 3 aromatic carbocycles. The van der Waals surface area contributed by atoms with Gasteiger partial charge in [-0.3, -0.25) is 24.0 Å². The number of amides is 5. The van der Waals surface area contributed by atoms with Crippen molar-refractivity contribution in [2.75, 3.05) is 53.0 Å². The Morgan fingerprint density at radius 3 is 2.18 bits per heavy atom. The second-order valence-corrected chi connectivity index (χ2v) is 16.4. The summed E-state index contributed by atoms with van der Waals surface area (Å²) in [5, 5.41) is 19.9. The minimum atomic E-state index is -1.41. The Kier molecular flexibility index (Phi) is 18.5. The Balaban J connectivity index is 1.51. The van der Waals surface area contributed by atoms with E-state index in [0.29, 0.717) is 63.4 Å². The van der Waals surface area contributed by atoms with E-state index in [9.17, 15) is 24.0 Å². The molecule has 0 radical (unpaired) electrons. The number of benzene rings is 3. The number of hydrogen-bond donors (Lipinski definition) is 7. The zero-order chi connectivity index (χ0) is 48.6. The molecule has 2 heterocycles. The highest BCUT2D eigenvalue weighted by atomic mass is 16.5. The summed E-state index contributed by atoms with van der Waals surface area (Å²) in [6.07, 6.45) is 2.31. The lowest BCUT2D eigenvalue weighted by Crippen LogP contribution is -2.56. The fraction of sp³-hybridized carbons (Fsp3) is 0.417. The maximum atomic E-state index is 14.7. The lowest BCUT2D eigenvalue weighted by atomic mass is 9.93. The molecule has 1 aliphatic heterocycles. The molecule has 5 amide bonds. The summed E-state index contributed by atoms with van der Waals surface area (Å²) in [5.74, 6) is -1.01. The molecule has 0 aliphatic carbocycles. The third-order valence-electron chi connectivity index (χ3n) is 10.9. The highest BCUT2D eigenvalue weighted by Gasteiger charge is 2.36. The number of aromatic nitrogens is 2. The van der Waals surface area contributed by atoms with Crippen molar-refractivity contribution in [2.24, 2.45) is 23.1 Å². The largest absolute Gasteiger partial charge is 0.494 e. The van der Waals surface area contributed by atoms with Gasteiger partial charge in [0.15, 0.2) is 5.82 Å². The van der Waals surface area contributed by atoms with Gasteiger partial charge in [0.05, 0.1) is 23.9 Å². The SMILES string of the molecule is Cc1nc(-c2ccc(OCCC(C)C)cc2)ncc1C(=O)N[C@@H](CCN)C(=O)N(C)[C@@H]1C(=O)N[C@@H](C)C(=O)N[C@H](C(=O)NCC#N)Cc2ccc(OCCN)c(c2)-c2cc1ccc2OCCN. The predicted octanol–water partition coefficient (Wildman–Crippen LogP) is 2.05. The molecule has 10 N–H and O–H groups in total. The number of carbonyl (C=O) groups excluding carboxylic acids is 5. The van der Waals surface area contributed by atoms with Crippen LogP contribution < -0.4 is 52.7 Å². The normalized spacial score (nSPS) is 16.3. The van der Waals surface area contributed by atoms with Crippen molar-refractivity contribution in [3.8, 4) is 45.8 Å². The Bertz CT molecular complexity index is 2420. The molecule has 0 fully saturated rings. The van der Waals surface area contributed by atoms with Crippen molar-refractivity contribution in [1.29, 1.82) is 5.26 Å². The maximum absolute atomic E-state index is 14.7. The van der Waals surface area contributed by atoms with Gasteiger partial charge < -0.3 is 57.6 Å². The number of aryl methyl sites for hydroxylation is 1. The van der Waals surface area contributed by atoms with Gasteiger partial charge >= 0.3 is 0 Å². The fourth-order valence-electron chi connectivity index (χ4n) is 7.31. The van der Waals surface area contributed by atoms with Gasteiger partial charge in [-0.05, 0) is 98.8 Å². The lowest BCUT2D eigenvalue weighted by Gasteiger charge is -2.32. The second-order valence-electron chi connectivity index (χ2n) is 16.4. The molecular weight excluding hydrogens is 859 g/mol. The van der Waals surface area contributed by atoms with Gasteiger partial charge in [0, 0.05) is 49.4 Å². The summed E-state index contributed by atoms with van der Waals surface area (Å²) in [4.78, 5) is 80.4. The number of hydrogen-bond acceptors (Lipinski definition) is 14. The van der Waals surface area contributed by atoms with E-state index < -0.39 is 53.7 Å². The number of likely N-dealkylation sites (N-methyl/N-ethyl adjacent to an activating group) is 1. The van der Waals surface area contributed by atoms with Crippen molar-refractivity contribution in [3.05, 3.63) is 89.2 Å². The molecule has 4 aromatic rings. The second kappa shape index (κ2) is 24.4. The summed E-state index contributed by atoms with van der Waals surface area (Å²) in [7, 11) is 1.41. The highest BCUT2D eigenvalue weighted by molar-refractivity contribution is 6.00. The molecule has 0 unspecified atom stereocenters. The van der Waals surface area contributed by atoms with Crippen LogP contribution >= 0.6 is 0 Å². The summed E-state index contributed by atoms with van der Waals surface area (Å²) >= 11 is 0. The van der Waals surface area contributed by atoms with E-state index in [4.69, 9.17) is 36.7 Å². The average molecular weight is 920 g/mol. The van der Waals surface area contributed by atoms with E-state index in [-0.39, 0.29) is 57.8 Å². The molecule has 0 saturated carbocycles. The number of fused-ring (bicyclic) bond motifs is 5. The molecule has 19 nitrogen and oxygen atoms in total. The molecule has 1 aromatic heterocycles. The molecule has 4 bridgehead atoms. The molecular formula is C48H61N11O8. The third kappa shape index (κ3) is 13.5. The van der Waals surface area contributed by atoms with Crippen LogP contribution in [-0.2, 0) is 25.6 Å². The first kappa shape index (κ1) is 50.9. The van der Waals surface area contributed by atoms with E-state index in [0.717, 1.165) is 12.2 Å². The predicted molar refractivity (Wildman–Crippen MR) is 250 cm³/mol. The average Bonchev–Trinajstić information content (AvgIpc) is 3.31. The number of rotatable bonds is 19. The maximum Gasteiger partial charge on any atom is 0.255 e. The molecule has 0 saturated heterocycles. The number of carbonyl (C=O) groups is 5. The minimum absolute atomic E-state index is 0.00116. The Morgan fingerprint density at radius 1 is 0.881 bits per heavy atom. The quantitative estimate of drug-likeness (QED) is 0.0663. The number of ether oxygens (including phenoxy) is 3. The van der Waals surface area contributed by atoms with E-state index in [2.05, 4.69) is 45.1 Å². The molecule has 4 atom stereocenters. The topological polar surface area (TPSA) is 292 Å². The van der Waals surface area contributed by atoms with Gasteiger partial charge in [0.1, 0.15) is 61.2 Å². The van der Waals surface area contributed by atoms with Crippen LogP contribution in [0.15, 0.2) is 66.9 Å². The van der Waals surface area contributed by atoms with Crippen LogP contribution in [0.4, 0.5) is 0 Å². The molecule has 5 rings (SSSR count). The van der Waals surface area contributed by atoms with E-state index in [1.807, 2.05) is 30.3 Å². The van der Waals surface area contributed by atoms with Crippen LogP contribution in [0.5, 0.6) is 17.2 Å². The smallest absolute Gasteiger partial charge is 0.255 e. The van der Waals surface area contributed by atoms with Gasteiger partial charge in [-0.2, -0.15) is 5.26 Å². The fourth-order valence-corrected chi connectivity index (χ4v) is 7.31. The molecule has 19 heteroatoms. The number of nitrogens with one attached hydrogen (secondary N) is 4. The summed E-state index contributed by atoms with van der Waals surface area (Å²) < 4.78 is 18.0. The van der Waals surface area contributed by atoms with Crippen LogP contribution in [0.25, 0.3) is 22.5 Å². The third-order valence-corrected chi connectivity index (χ3v) is 10.9. The lowest BCUT2D eigenvalue weighted by molar-refractivity contribution is -0.141. The standard InChI is InChI=1S/C48H61N11O8/c1-28(2)15-21-65-34-10-7-32(8-11-34)43-54-27-37(29(3)55-43)45(61)57-38(14-16-49)48(64)59(5)42-33-9-13-41(67-23-19-52)36(26-33)35-24-31(6-12-40(35)66-22-18-51)25-39(46(62)53-20-17-50)58-44(60)30(4)56-47(42)63/h6-13,24,26-28,30,38-39,42H,14-16,18-23,25,49,51-52H2,1-5H3,(H,53,62)(H,56,63)(H,57,61)(H,58,60)/t30-,38-,39-,42-/m0/s1. The van der Waals surface area contributed by atoms with Crippen LogP contribution in [0.2, 0.25) is 0 Å². The Morgan fingerprint density at radius 2 is 1.55 bits per heavy atom. The zero-order valence-electron chi connectivity index (χ0n) is 38.6. The minimum Gasteiger partial charge on any atom is -0.494 e. The van der Waals surface area contributed by atoms with Crippen LogP contribution in [-0.4, -0.2) is 116 Å². The first-order chi connectivity index (χ1) is 32.2. The molecule has 356 valence electrons. The zero-order valence-corrected chi connectivity index (χ0v) is 38.6. The molecule has 1 aliphatic rings. The van der Waals surface area contributed by atoms with Crippen LogP contribution in [0.1, 0.15) is 66.8 Å². The first-order valence-electron chi connectivity index (χ1n) is 22.2. The van der Waals surface area contributed by atoms with Crippen LogP contribution in [0.3, 0.4) is 0 Å². The van der Waals surface area contributed by atoms with Gasteiger partial charge in [0.25, 0.3) is 5.91 Å². The van der Waals surface area contributed by atoms with Crippen molar-refractivity contribution in [3.63, 3.8) is 0 Å². The number of nitrogens with zero attached hydrogens (tertiary/aromatic N) is 4. The van der Waals surface area contributed by atoms with E-state index >= 15 is 0 Å². The monoisotopic (exact) mass is 919 g/mol. The van der Waals surface area contributed by atoms with Crippen molar-refractivity contribution in [1.82, 2.24) is 36.1 Å². The van der Waals surface area contributed by atoms with Gasteiger partial charge in [-0.15, -0.1) is 0 Å². The molecule has 0 spiro atoms. The van der Waals surface area contributed by atoms with Crippen molar-refractivity contribution in [2.45, 2.75) is 71.1 Å². The summed E-state index contributed by atoms with van der Waals surface area (Å²) in [5.41, 5.74) is 20.7. The summed E-state index contributed by atoms with van der Waals surface area (Å²) in [6.45, 7) is 8.30. The van der Waals surface area contributed by atoms with Gasteiger partial charge in [-0.25, -0.2) is 9.97 Å². The van der Waals surface area contributed by atoms with E-state index in [1.54, 1.807) is 43.3 Å². The highest BCUT2D eigenvalue weighted by Crippen LogP contribution is 2.40. The number of nitrogens with two attached hydrogens (primary N) is 3. The Hall–Kier alpha value is -7.14. The number of nitriles is 1. The summed E-state index contributed by atoms with van der Waals surface area (Å²) in [6, 6.07) is 14.3. The first-order valence-corrected chi connectivity index (χ1v) is 22.2. The van der Waals surface area contributed by atoms with E-state index in [1.165, 1.54) is 25.1 Å². The molecule has 67 heavy (non-hydrogen) atoms. The van der Waals surface area contributed by atoms with Crippen LogP contribution in [0, 0.1) is 24.2 Å². The van der Waals surface area contributed by atoms with Crippen molar-refractivity contribution < 1.29 is 38.2 Å². The Labute approximate surface area is 390 Å².